The van der Waals surface area contributed by atoms with Crippen LogP contribution in [0.25, 0.3) is 111 Å². The van der Waals surface area contributed by atoms with Crippen molar-refractivity contribution in [3.8, 4) is 56.5 Å². The molecule has 0 atom stereocenters. The van der Waals surface area contributed by atoms with Gasteiger partial charge in [0.15, 0.2) is 17.5 Å². The third-order valence-corrected chi connectivity index (χ3v) is 10.1. The molecule has 4 heterocycles. The van der Waals surface area contributed by atoms with Gasteiger partial charge in [0, 0.05) is 38.2 Å². The predicted octanol–water partition coefficient (Wildman–Crippen LogP) is 12.6. The smallest absolute Gasteiger partial charge is 0.167 e. The Kier molecular flexibility index (Phi) is 6.75. The summed E-state index contributed by atoms with van der Waals surface area (Å²) in [7, 11) is 0. The van der Waals surface area contributed by atoms with E-state index in [1.807, 2.05) is 97.1 Å². The first kappa shape index (κ1) is 30.2. The average molecular weight is 693 g/mol. The van der Waals surface area contributed by atoms with Crippen LogP contribution in [0.5, 0.6) is 0 Å². The summed E-state index contributed by atoms with van der Waals surface area (Å²) in [6, 6.07) is 57.5. The highest BCUT2D eigenvalue weighted by molar-refractivity contribution is 6.19. The minimum atomic E-state index is 0.557. The molecule has 252 valence electrons. The molecule has 11 rings (SSSR count). The second kappa shape index (κ2) is 12.1. The van der Waals surface area contributed by atoms with E-state index in [4.69, 9.17) is 28.8 Å². The van der Waals surface area contributed by atoms with Gasteiger partial charge in [-0.25, -0.2) is 19.9 Å². The number of pyridine rings is 1. The highest BCUT2D eigenvalue weighted by Gasteiger charge is 2.19. The SMILES string of the molecule is c1ccc(-c2nc(-c3ccc(-c4cccc(-c5nc6ccccc6c6oc7ccccc7c56)c4)cc3)nc(-c3cccc4c3oc3ccccc34)n2)cc1. The van der Waals surface area contributed by atoms with Crippen LogP contribution in [0.2, 0.25) is 0 Å². The summed E-state index contributed by atoms with van der Waals surface area (Å²) >= 11 is 0. The molecule has 0 aliphatic rings. The number of benzene rings is 7. The Morgan fingerprint density at radius 2 is 0.889 bits per heavy atom. The Morgan fingerprint density at radius 1 is 0.333 bits per heavy atom. The second-order valence-electron chi connectivity index (χ2n) is 13.4. The third kappa shape index (κ3) is 4.89. The van der Waals surface area contributed by atoms with Crippen molar-refractivity contribution in [1.29, 1.82) is 0 Å². The van der Waals surface area contributed by atoms with Gasteiger partial charge in [0.25, 0.3) is 0 Å². The molecule has 7 aromatic carbocycles. The highest BCUT2D eigenvalue weighted by atomic mass is 16.3. The minimum absolute atomic E-state index is 0.557. The molecular weight excluding hydrogens is 665 g/mol. The molecule has 4 aromatic heterocycles. The number of hydrogen-bond acceptors (Lipinski definition) is 6. The van der Waals surface area contributed by atoms with Crippen molar-refractivity contribution >= 4 is 54.8 Å². The molecule has 0 spiro atoms. The van der Waals surface area contributed by atoms with Gasteiger partial charge in [-0.1, -0.05) is 133 Å². The van der Waals surface area contributed by atoms with Gasteiger partial charge < -0.3 is 8.83 Å². The van der Waals surface area contributed by atoms with Gasteiger partial charge in [-0.2, -0.15) is 0 Å². The van der Waals surface area contributed by atoms with Crippen molar-refractivity contribution in [3.63, 3.8) is 0 Å². The molecule has 0 radical (unpaired) electrons. The number of hydrogen-bond donors (Lipinski definition) is 0. The monoisotopic (exact) mass is 692 g/mol. The van der Waals surface area contributed by atoms with Gasteiger partial charge in [0.2, 0.25) is 0 Å². The van der Waals surface area contributed by atoms with Crippen LogP contribution < -0.4 is 0 Å². The summed E-state index contributed by atoms with van der Waals surface area (Å²) in [5.74, 6) is 1.74. The van der Waals surface area contributed by atoms with E-state index in [0.29, 0.717) is 17.5 Å². The second-order valence-corrected chi connectivity index (χ2v) is 13.4. The highest BCUT2D eigenvalue weighted by Crippen LogP contribution is 2.40. The summed E-state index contributed by atoms with van der Waals surface area (Å²) < 4.78 is 12.8. The van der Waals surface area contributed by atoms with Gasteiger partial charge >= 0.3 is 0 Å². The van der Waals surface area contributed by atoms with Crippen LogP contribution in [0.3, 0.4) is 0 Å². The number of fused-ring (bicyclic) bond motifs is 8. The number of rotatable bonds is 5. The Balaban J connectivity index is 1.02. The van der Waals surface area contributed by atoms with E-state index >= 15 is 0 Å². The lowest BCUT2D eigenvalue weighted by molar-refractivity contribution is 0.669. The zero-order chi connectivity index (χ0) is 35.6. The molecule has 0 fully saturated rings. The van der Waals surface area contributed by atoms with E-state index in [2.05, 4.69) is 72.8 Å². The van der Waals surface area contributed by atoms with Crippen LogP contribution in [-0.2, 0) is 0 Å². The molecule has 0 saturated carbocycles. The normalized spacial score (nSPS) is 11.7. The van der Waals surface area contributed by atoms with Gasteiger partial charge in [0.1, 0.15) is 22.3 Å². The number of aromatic nitrogens is 4. The van der Waals surface area contributed by atoms with E-state index in [0.717, 1.165) is 93.9 Å². The Bertz CT molecular complexity index is 3220. The van der Waals surface area contributed by atoms with Crippen LogP contribution in [0.4, 0.5) is 0 Å². The molecule has 0 saturated heterocycles. The quantitative estimate of drug-likeness (QED) is 0.179. The molecule has 0 N–H and O–H groups in total. The Hall–Kier alpha value is -7.44. The Morgan fingerprint density at radius 3 is 1.70 bits per heavy atom. The maximum atomic E-state index is 6.44. The summed E-state index contributed by atoms with van der Waals surface area (Å²) in [6.07, 6.45) is 0. The summed E-state index contributed by atoms with van der Waals surface area (Å²) in [5.41, 5.74) is 10.9. The zero-order valence-corrected chi connectivity index (χ0v) is 28.8. The lowest BCUT2D eigenvalue weighted by atomic mass is 9.97. The number of furan rings is 2. The maximum Gasteiger partial charge on any atom is 0.167 e. The molecular formula is C48H28N4O2. The number of nitrogens with zero attached hydrogens (tertiary/aromatic N) is 4. The molecule has 11 aromatic rings. The van der Waals surface area contributed by atoms with E-state index in [-0.39, 0.29) is 0 Å². The maximum absolute atomic E-state index is 6.44. The Labute approximate surface area is 309 Å². The first-order chi connectivity index (χ1) is 26.7. The lowest BCUT2D eigenvalue weighted by Gasteiger charge is -2.10. The lowest BCUT2D eigenvalue weighted by Crippen LogP contribution is -2.00. The summed E-state index contributed by atoms with van der Waals surface area (Å²) in [5, 5.41) is 5.17. The van der Waals surface area contributed by atoms with Crippen molar-refractivity contribution in [2.75, 3.05) is 0 Å². The molecule has 0 bridgehead atoms. The topological polar surface area (TPSA) is 77.8 Å². The standard InChI is InChI=1S/C48H28N4O2/c1-2-12-30(13-3-1)46-50-47(52-48(51-46)38-20-11-19-35-34-16-5-8-22-40(34)53-44(35)38)31-26-24-29(25-27-31)32-14-10-15-33(28-32)43-42-37-18-6-9-23-41(37)54-45(42)36-17-4-7-21-39(36)49-43/h1-28H. The van der Waals surface area contributed by atoms with Crippen molar-refractivity contribution in [2.45, 2.75) is 0 Å². The van der Waals surface area contributed by atoms with Crippen LogP contribution in [0.15, 0.2) is 179 Å². The fourth-order valence-electron chi connectivity index (χ4n) is 7.54. The van der Waals surface area contributed by atoms with E-state index in [1.165, 1.54) is 0 Å². The van der Waals surface area contributed by atoms with E-state index in [1.54, 1.807) is 0 Å². The van der Waals surface area contributed by atoms with Crippen molar-refractivity contribution < 1.29 is 8.83 Å². The first-order valence-electron chi connectivity index (χ1n) is 17.9. The summed E-state index contributed by atoms with van der Waals surface area (Å²) in [4.78, 5) is 20.2. The average Bonchev–Trinajstić information content (AvgIpc) is 3.83. The van der Waals surface area contributed by atoms with Crippen LogP contribution in [0, 0.1) is 0 Å². The van der Waals surface area contributed by atoms with Gasteiger partial charge in [-0.3, -0.25) is 0 Å². The molecule has 0 aliphatic carbocycles. The molecule has 54 heavy (non-hydrogen) atoms. The van der Waals surface area contributed by atoms with Crippen LogP contribution >= 0.6 is 0 Å². The van der Waals surface area contributed by atoms with Crippen molar-refractivity contribution in [3.05, 3.63) is 170 Å². The minimum Gasteiger partial charge on any atom is -0.455 e. The van der Waals surface area contributed by atoms with Crippen molar-refractivity contribution in [1.82, 2.24) is 19.9 Å². The number of para-hydroxylation sites is 4. The summed E-state index contributed by atoms with van der Waals surface area (Å²) in [6.45, 7) is 0. The van der Waals surface area contributed by atoms with E-state index < -0.39 is 0 Å². The van der Waals surface area contributed by atoms with Crippen molar-refractivity contribution in [2.24, 2.45) is 0 Å². The molecule has 6 heteroatoms. The van der Waals surface area contributed by atoms with Crippen LogP contribution in [0.1, 0.15) is 0 Å². The molecule has 0 unspecified atom stereocenters. The molecule has 0 amide bonds. The first-order valence-corrected chi connectivity index (χ1v) is 17.9. The van der Waals surface area contributed by atoms with Gasteiger partial charge in [0.05, 0.1) is 22.2 Å². The predicted molar refractivity (Wildman–Crippen MR) is 217 cm³/mol. The molecule has 6 nitrogen and oxygen atoms in total. The fraction of sp³-hybridized carbons (Fsp3) is 0. The van der Waals surface area contributed by atoms with E-state index in [9.17, 15) is 0 Å². The van der Waals surface area contributed by atoms with Crippen LogP contribution in [-0.4, -0.2) is 19.9 Å². The molecule has 0 aliphatic heterocycles. The fourth-order valence-corrected chi connectivity index (χ4v) is 7.54. The zero-order valence-electron chi connectivity index (χ0n) is 28.8. The van der Waals surface area contributed by atoms with Gasteiger partial charge in [-0.15, -0.1) is 0 Å². The van der Waals surface area contributed by atoms with Gasteiger partial charge in [-0.05, 0) is 47.5 Å². The largest absolute Gasteiger partial charge is 0.455 e. The third-order valence-electron chi connectivity index (χ3n) is 10.1.